The Hall–Kier alpha value is -1.20. The molecule has 0 aliphatic carbocycles. The van der Waals surface area contributed by atoms with Gasteiger partial charge < -0.3 is 15.2 Å². The van der Waals surface area contributed by atoms with Gasteiger partial charge in [0.15, 0.2) is 11.5 Å². The zero-order valence-corrected chi connectivity index (χ0v) is 15.3. The molecular formula is C16H14Cl3NO2S. The smallest absolute Gasteiger partial charge is 0.180 e. The summed E-state index contributed by atoms with van der Waals surface area (Å²) in [5.74, 6) is 0.919. The quantitative estimate of drug-likeness (QED) is 0.683. The van der Waals surface area contributed by atoms with Crippen molar-refractivity contribution < 1.29 is 9.47 Å². The second-order valence-electron chi connectivity index (χ2n) is 4.62. The SMILES string of the molecule is CCOc1cc(C(N)=S)cc(Cl)c1OCc1ccc(Cl)c(Cl)c1. The maximum Gasteiger partial charge on any atom is 0.180 e. The first-order chi connectivity index (χ1) is 10.9. The molecule has 0 atom stereocenters. The maximum absolute atomic E-state index is 6.27. The third-order valence-electron chi connectivity index (χ3n) is 2.96. The molecule has 2 rings (SSSR count). The monoisotopic (exact) mass is 389 g/mol. The highest BCUT2D eigenvalue weighted by Crippen LogP contribution is 2.37. The van der Waals surface area contributed by atoms with Crippen molar-refractivity contribution in [1.82, 2.24) is 0 Å². The second kappa shape index (κ2) is 8.06. The van der Waals surface area contributed by atoms with Gasteiger partial charge in [-0.25, -0.2) is 0 Å². The van der Waals surface area contributed by atoms with Gasteiger partial charge in [-0.15, -0.1) is 0 Å². The molecule has 0 radical (unpaired) electrons. The van der Waals surface area contributed by atoms with E-state index in [0.29, 0.717) is 38.7 Å². The van der Waals surface area contributed by atoms with Crippen LogP contribution in [0.4, 0.5) is 0 Å². The fourth-order valence-corrected chi connectivity index (χ4v) is 2.60. The Morgan fingerprint density at radius 3 is 2.39 bits per heavy atom. The molecule has 2 N–H and O–H groups in total. The Bertz CT molecular complexity index is 738. The lowest BCUT2D eigenvalue weighted by Crippen LogP contribution is -2.10. The van der Waals surface area contributed by atoms with Crippen molar-refractivity contribution in [2.24, 2.45) is 5.73 Å². The number of halogens is 3. The van der Waals surface area contributed by atoms with E-state index in [1.54, 1.807) is 24.3 Å². The highest BCUT2D eigenvalue weighted by Gasteiger charge is 2.14. The molecule has 0 aromatic heterocycles. The molecule has 0 spiro atoms. The van der Waals surface area contributed by atoms with Crippen LogP contribution in [0, 0.1) is 0 Å². The van der Waals surface area contributed by atoms with Crippen LogP contribution in [-0.2, 0) is 6.61 Å². The summed E-state index contributed by atoms with van der Waals surface area (Å²) in [5, 5.41) is 1.33. The van der Waals surface area contributed by atoms with Crippen LogP contribution in [0.25, 0.3) is 0 Å². The molecule has 3 nitrogen and oxygen atoms in total. The molecule has 0 unspecified atom stereocenters. The predicted octanol–water partition coefficient (Wildman–Crippen LogP) is 5.26. The van der Waals surface area contributed by atoms with E-state index < -0.39 is 0 Å². The molecule has 0 saturated heterocycles. The molecular weight excluding hydrogens is 377 g/mol. The zero-order valence-electron chi connectivity index (χ0n) is 12.2. The van der Waals surface area contributed by atoms with Crippen molar-refractivity contribution in [2.45, 2.75) is 13.5 Å². The van der Waals surface area contributed by atoms with E-state index in [4.69, 9.17) is 62.2 Å². The van der Waals surface area contributed by atoms with Crippen LogP contribution in [-0.4, -0.2) is 11.6 Å². The second-order valence-corrected chi connectivity index (χ2v) is 6.28. The first-order valence-electron chi connectivity index (χ1n) is 6.75. The molecule has 0 bridgehead atoms. The maximum atomic E-state index is 6.27. The average Bonchev–Trinajstić information content (AvgIpc) is 2.49. The van der Waals surface area contributed by atoms with E-state index in [1.165, 1.54) is 0 Å². The number of hydrogen-bond acceptors (Lipinski definition) is 3. The van der Waals surface area contributed by atoms with E-state index in [1.807, 2.05) is 13.0 Å². The van der Waals surface area contributed by atoms with Crippen molar-refractivity contribution in [3.63, 3.8) is 0 Å². The standard InChI is InChI=1S/C16H14Cl3NO2S/c1-2-21-14-7-10(16(20)23)6-13(19)15(14)22-8-9-3-4-11(17)12(18)5-9/h3-7H,2,8H2,1H3,(H2,20,23). The van der Waals surface area contributed by atoms with Gasteiger partial charge in [0, 0.05) is 5.56 Å². The molecule has 0 fully saturated rings. The minimum Gasteiger partial charge on any atom is -0.490 e. The lowest BCUT2D eigenvalue weighted by atomic mass is 10.2. The highest BCUT2D eigenvalue weighted by molar-refractivity contribution is 7.80. The van der Waals surface area contributed by atoms with Crippen LogP contribution in [0.2, 0.25) is 15.1 Å². The Labute approximate surface area is 155 Å². The molecule has 0 heterocycles. The minimum atomic E-state index is 0.240. The summed E-state index contributed by atoms with van der Waals surface area (Å²) >= 11 is 23.1. The summed E-state index contributed by atoms with van der Waals surface area (Å²) in [6, 6.07) is 8.63. The summed E-state index contributed by atoms with van der Waals surface area (Å²) in [6.07, 6.45) is 0. The number of benzene rings is 2. The number of ether oxygens (including phenoxy) is 2. The normalized spacial score (nSPS) is 10.4. The molecule has 0 aliphatic heterocycles. The Balaban J connectivity index is 2.27. The predicted molar refractivity (Wildman–Crippen MR) is 99.3 cm³/mol. The van der Waals surface area contributed by atoms with Gasteiger partial charge in [0.25, 0.3) is 0 Å². The number of nitrogens with two attached hydrogens (primary N) is 1. The van der Waals surface area contributed by atoms with Crippen LogP contribution in [0.1, 0.15) is 18.1 Å². The first-order valence-corrected chi connectivity index (χ1v) is 8.29. The van der Waals surface area contributed by atoms with E-state index in [0.717, 1.165) is 5.56 Å². The molecule has 23 heavy (non-hydrogen) atoms. The van der Waals surface area contributed by atoms with E-state index >= 15 is 0 Å². The van der Waals surface area contributed by atoms with Gasteiger partial charge in [0.05, 0.1) is 21.7 Å². The highest BCUT2D eigenvalue weighted by atomic mass is 35.5. The molecule has 2 aromatic carbocycles. The third-order valence-corrected chi connectivity index (χ3v) is 4.22. The molecule has 0 saturated carbocycles. The van der Waals surface area contributed by atoms with Gasteiger partial charge in [-0.3, -0.25) is 0 Å². The molecule has 122 valence electrons. The summed E-state index contributed by atoms with van der Waals surface area (Å²) in [4.78, 5) is 0.240. The van der Waals surface area contributed by atoms with Crippen molar-refractivity contribution in [3.05, 3.63) is 56.5 Å². The van der Waals surface area contributed by atoms with Gasteiger partial charge in [-0.2, -0.15) is 0 Å². The van der Waals surface area contributed by atoms with E-state index in [2.05, 4.69) is 0 Å². The van der Waals surface area contributed by atoms with Gasteiger partial charge >= 0.3 is 0 Å². The zero-order chi connectivity index (χ0) is 17.0. The van der Waals surface area contributed by atoms with Crippen LogP contribution < -0.4 is 15.2 Å². The lowest BCUT2D eigenvalue weighted by Gasteiger charge is -2.15. The van der Waals surface area contributed by atoms with Gasteiger partial charge in [0.2, 0.25) is 0 Å². The van der Waals surface area contributed by atoms with Gasteiger partial charge in [-0.05, 0) is 36.8 Å². The molecule has 0 aliphatic rings. The van der Waals surface area contributed by atoms with Crippen molar-refractivity contribution in [2.75, 3.05) is 6.61 Å². The fraction of sp³-hybridized carbons (Fsp3) is 0.188. The van der Waals surface area contributed by atoms with Crippen molar-refractivity contribution >= 4 is 52.0 Å². The average molecular weight is 391 g/mol. The summed E-state index contributed by atoms with van der Waals surface area (Å²) in [6.45, 7) is 2.59. The lowest BCUT2D eigenvalue weighted by molar-refractivity contribution is 0.269. The number of hydrogen-bond donors (Lipinski definition) is 1. The molecule has 0 amide bonds. The largest absolute Gasteiger partial charge is 0.490 e. The topological polar surface area (TPSA) is 44.5 Å². The van der Waals surface area contributed by atoms with Crippen molar-refractivity contribution in [1.29, 1.82) is 0 Å². The van der Waals surface area contributed by atoms with Crippen LogP contribution in [0.3, 0.4) is 0 Å². The Morgan fingerprint density at radius 1 is 1.04 bits per heavy atom. The summed E-state index contributed by atoms with van der Waals surface area (Å²) in [7, 11) is 0. The Morgan fingerprint density at radius 2 is 1.78 bits per heavy atom. The summed E-state index contributed by atoms with van der Waals surface area (Å²) < 4.78 is 11.4. The number of thiocarbonyl (C=S) groups is 1. The summed E-state index contributed by atoms with van der Waals surface area (Å²) in [5.41, 5.74) is 7.12. The Kier molecular flexibility index (Phi) is 6.36. The molecule has 7 heteroatoms. The van der Waals surface area contributed by atoms with Gasteiger partial charge in [-0.1, -0.05) is 53.1 Å². The third kappa shape index (κ3) is 4.64. The first kappa shape index (κ1) is 18.1. The van der Waals surface area contributed by atoms with E-state index in [-0.39, 0.29) is 11.6 Å². The minimum absolute atomic E-state index is 0.240. The number of rotatable bonds is 6. The van der Waals surface area contributed by atoms with Gasteiger partial charge in [0.1, 0.15) is 11.6 Å². The van der Waals surface area contributed by atoms with Crippen LogP contribution >= 0.6 is 47.0 Å². The van der Waals surface area contributed by atoms with Crippen LogP contribution in [0.5, 0.6) is 11.5 Å². The molecule has 2 aromatic rings. The fourth-order valence-electron chi connectivity index (χ4n) is 1.90. The van der Waals surface area contributed by atoms with Crippen molar-refractivity contribution in [3.8, 4) is 11.5 Å². The van der Waals surface area contributed by atoms with E-state index in [9.17, 15) is 0 Å². The van der Waals surface area contributed by atoms with Crippen LogP contribution in [0.15, 0.2) is 30.3 Å².